The third-order valence-corrected chi connectivity index (χ3v) is 4.38. The summed E-state index contributed by atoms with van der Waals surface area (Å²) in [4.78, 5) is 21.8. The Morgan fingerprint density at radius 1 is 1.23 bits per heavy atom. The molecule has 2 aromatic heterocycles. The average molecular weight is 376 g/mol. The van der Waals surface area contributed by atoms with Gasteiger partial charge in [0.2, 0.25) is 5.95 Å². The molecule has 3 rings (SSSR count). The summed E-state index contributed by atoms with van der Waals surface area (Å²) in [5.41, 5.74) is 2.22. The van der Waals surface area contributed by atoms with E-state index in [1.807, 2.05) is 31.2 Å². The van der Waals surface area contributed by atoms with Gasteiger partial charge >= 0.3 is 5.69 Å². The molecule has 0 fully saturated rings. The van der Waals surface area contributed by atoms with Gasteiger partial charge in [0.05, 0.1) is 19.9 Å². The molecular formula is C18H22ClN5O2. The van der Waals surface area contributed by atoms with Gasteiger partial charge in [0.15, 0.2) is 5.65 Å². The van der Waals surface area contributed by atoms with E-state index in [9.17, 15) is 4.79 Å². The third-order valence-electron chi connectivity index (χ3n) is 4.11. The minimum atomic E-state index is -0.108. The number of aryl methyl sites for hydroxylation is 1. The van der Waals surface area contributed by atoms with Crippen molar-refractivity contribution in [3.63, 3.8) is 0 Å². The van der Waals surface area contributed by atoms with Gasteiger partial charge in [-0.3, -0.25) is 9.13 Å². The fourth-order valence-corrected chi connectivity index (χ4v) is 2.95. The first-order valence-corrected chi connectivity index (χ1v) is 9.10. The number of aromatic nitrogens is 4. The Morgan fingerprint density at radius 3 is 2.65 bits per heavy atom. The number of nitrogens with one attached hydrogen (secondary N) is 1. The standard InChI is InChI=1S/C18H22ClN5O2/c1-3-20-17-21-11-15-16(22-17)24(18(25)23(15)10-4-9-19)12-13-5-7-14(26-2)8-6-13/h5-8,11H,3-4,9-10,12H2,1-2H3,(H,20,21,22). The van der Waals surface area contributed by atoms with E-state index in [2.05, 4.69) is 15.3 Å². The quantitative estimate of drug-likeness (QED) is 0.613. The number of nitrogens with zero attached hydrogens (tertiary/aromatic N) is 4. The Balaban J connectivity index is 2.06. The first-order valence-electron chi connectivity index (χ1n) is 8.56. The number of hydrogen-bond donors (Lipinski definition) is 1. The number of benzene rings is 1. The lowest BCUT2D eigenvalue weighted by Gasteiger charge is -2.06. The molecule has 2 heterocycles. The van der Waals surface area contributed by atoms with Crippen LogP contribution in [0.4, 0.5) is 5.95 Å². The predicted molar refractivity (Wildman–Crippen MR) is 103 cm³/mol. The molecule has 3 aromatic rings. The monoisotopic (exact) mass is 375 g/mol. The van der Waals surface area contributed by atoms with Gasteiger partial charge in [-0.05, 0) is 31.0 Å². The molecular weight excluding hydrogens is 354 g/mol. The summed E-state index contributed by atoms with van der Waals surface area (Å²) in [6, 6.07) is 7.65. The van der Waals surface area contributed by atoms with Crippen molar-refractivity contribution in [1.82, 2.24) is 19.1 Å². The van der Waals surface area contributed by atoms with Gasteiger partial charge in [0.1, 0.15) is 11.3 Å². The number of alkyl halides is 1. The number of anilines is 1. The minimum absolute atomic E-state index is 0.108. The summed E-state index contributed by atoms with van der Waals surface area (Å²) in [6.07, 6.45) is 2.40. The summed E-state index contributed by atoms with van der Waals surface area (Å²) in [5, 5.41) is 3.09. The second-order valence-corrected chi connectivity index (χ2v) is 6.22. The number of fused-ring (bicyclic) bond motifs is 1. The molecule has 0 aliphatic heterocycles. The highest BCUT2D eigenvalue weighted by Gasteiger charge is 2.16. The zero-order chi connectivity index (χ0) is 18.5. The molecule has 0 amide bonds. The lowest BCUT2D eigenvalue weighted by atomic mass is 10.2. The Kier molecular flexibility index (Phi) is 5.78. The zero-order valence-corrected chi connectivity index (χ0v) is 15.7. The molecule has 0 saturated carbocycles. The van der Waals surface area contributed by atoms with E-state index in [0.717, 1.165) is 16.8 Å². The Bertz CT molecular complexity index is 933. The third kappa shape index (κ3) is 3.67. The fraction of sp³-hybridized carbons (Fsp3) is 0.389. The van der Waals surface area contributed by atoms with Crippen LogP contribution in [0.15, 0.2) is 35.3 Å². The summed E-state index contributed by atoms with van der Waals surface area (Å²) >= 11 is 5.81. The van der Waals surface area contributed by atoms with Gasteiger partial charge in [-0.1, -0.05) is 12.1 Å². The van der Waals surface area contributed by atoms with Crippen molar-refractivity contribution in [3.8, 4) is 5.75 Å². The van der Waals surface area contributed by atoms with Crippen molar-refractivity contribution in [2.75, 3.05) is 24.9 Å². The molecule has 0 radical (unpaired) electrons. The topological polar surface area (TPSA) is 74.0 Å². The van der Waals surface area contributed by atoms with Crippen molar-refractivity contribution in [2.24, 2.45) is 0 Å². The lowest BCUT2D eigenvalue weighted by molar-refractivity contribution is 0.414. The molecule has 138 valence electrons. The van der Waals surface area contributed by atoms with Crippen molar-refractivity contribution in [1.29, 1.82) is 0 Å². The van der Waals surface area contributed by atoms with Crippen LogP contribution in [-0.2, 0) is 13.1 Å². The molecule has 0 atom stereocenters. The number of rotatable bonds is 8. The first-order chi connectivity index (χ1) is 12.7. The van der Waals surface area contributed by atoms with Crippen molar-refractivity contribution in [2.45, 2.75) is 26.4 Å². The molecule has 0 aliphatic carbocycles. The highest BCUT2D eigenvalue weighted by Crippen LogP contribution is 2.16. The largest absolute Gasteiger partial charge is 0.497 e. The maximum atomic E-state index is 13.0. The van der Waals surface area contributed by atoms with E-state index >= 15 is 0 Å². The molecule has 26 heavy (non-hydrogen) atoms. The van der Waals surface area contributed by atoms with E-state index in [1.165, 1.54) is 0 Å². The summed E-state index contributed by atoms with van der Waals surface area (Å²) in [7, 11) is 1.63. The number of ether oxygens (including phenoxy) is 1. The van der Waals surface area contributed by atoms with E-state index < -0.39 is 0 Å². The molecule has 8 heteroatoms. The minimum Gasteiger partial charge on any atom is -0.497 e. The molecule has 0 bridgehead atoms. The van der Waals surface area contributed by atoms with Crippen molar-refractivity contribution in [3.05, 3.63) is 46.5 Å². The molecule has 1 N–H and O–H groups in total. The zero-order valence-electron chi connectivity index (χ0n) is 14.9. The summed E-state index contributed by atoms with van der Waals surface area (Å²) < 4.78 is 8.56. The Labute approximate surface area is 156 Å². The van der Waals surface area contributed by atoms with Crippen LogP contribution in [0.25, 0.3) is 11.2 Å². The fourth-order valence-electron chi connectivity index (χ4n) is 2.83. The van der Waals surface area contributed by atoms with Crippen LogP contribution in [0, 0.1) is 0 Å². The second-order valence-electron chi connectivity index (χ2n) is 5.84. The molecule has 0 aliphatic rings. The van der Waals surface area contributed by atoms with Crippen molar-refractivity contribution >= 4 is 28.7 Å². The smallest absolute Gasteiger partial charge is 0.330 e. The maximum absolute atomic E-state index is 13.0. The van der Waals surface area contributed by atoms with Gasteiger partial charge in [-0.15, -0.1) is 11.6 Å². The number of hydrogen-bond acceptors (Lipinski definition) is 5. The average Bonchev–Trinajstić information content (AvgIpc) is 2.92. The highest BCUT2D eigenvalue weighted by molar-refractivity contribution is 6.17. The van der Waals surface area contributed by atoms with Crippen LogP contribution in [-0.4, -0.2) is 38.6 Å². The normalized spacial score (nSPS) is 11.0. The number of methoxy groups -OCH3 is 1. The van der Waals surface area contributed by atoms with Crippen LogP contribution in [0.2, 0.25) is 0 Å². The molecule has 0 spiro atoms. The molecule has 0 unspecified atom stereocenters. The Hall–Kier alpha value is -2.54. The highest BCUT2D eigenvalue weighted by atomic mass is 35.5. The SMILES string of the molecule is CCNc1ncc2c(n1)n(Cc1ccc(OC)cc1)c(=O)n2CCCCl. The van der Waals surface area contributed by atoms with Crippen LogP contribution in [0.1, 0.15) is 18.9 Å². The van der Waals surface area contributed by atoms with E-state index in [0.29, 0.717) is 43.5 Å². The van der Waals surface area contributed by atoms with Gasteiger partial charge < -0.3 is 10.1 Å². The molecule has 1 aromatic carbocycles. The molecule has 7 nitrogen and oxygen atoms in total. The van der Waals surface area contributed by atoms with Gasteiger partial charge in [-0.2, -0.15) is 4.98 Å². The summed E-state index contributed by atoms with van der Waals surface area (Å²) in [5.74, 6) is 1.79. The van der Waals surface area contributed by atoms with Crippen LogP contribution in [0.5, 0.6) is 5.75 Å². The van der Waals surface area contributed by atoms with E-state index in [-0.39, 0.29) is 5.69 Å². The van der Waals surface area contributed by atoms with Gasteiger partial charge in [0.25, 0.3) is 0 Å². The maximum Gasteiger partial charge on any atom is 0.330 e. The van der Waals surface area contributed by atoms with E-state index in [1.54, 1.807) is 22.4 Å². The predicted octanol–water partition coefficient (Wildman–Crippen LogP) is 2.71. The number of halogens is 1. The van der Waals surface area contributed by atoms with Crippen molar-refractivity contribution < 1.29 is 4.74 Å². The second kappa shape index (κ2) is 8.23. The Morgan fingerprint density at radius 2 is 2.00 bits per heavy atom. The lowest BCUT2D eigenvalue weighted by Crippen LogP contribution is -2.25. The summed E-state index contributed by atoms with van der Waals surface area (Å²) in [6.45, 7) is 3.65. The van der Waals surface area contributed by atoms with Crippen LogP contribution in [0.3, 0.4) is 0 Å². The van der Waals surface area contributed by atoms with Crippen LogP contribution < -0.4 is 15.7 Å². The first kappa shape index (κ1) is 18.3. The van der Waals surface area contributed by atoms with Gasteiger partial charge in [0, 0.05) is 19.0 Å². The van der Waals surface area contributed by atoms with Gasteiger partial charge in [-0.25, -0.2) is 9.78 Å². The molecule has 0 saturated heterocycles. The van der Waals surface area contributed by atoms with E-state index in [4.69, 9.17) is 16.3 Å². The van der Waals surface area contributed by atoms with Crippen LogP contribution >= 0.6 is 11.6 Å². The number of imidazole rings is 1.